The van der Waals surface area contributed by atoms with Crippen LogP contribution in [0.15, 0.2) is 35.0 Å². The lowest BCUT2D eigenvalue weighted by molar-refractivity contribution is -0.0882. The summed E-state index contributed by atoms with van der Waals surface area (Å²) in [4.78, 5) is 19.3. The van der Waals surface area contributed by atoms with Crippen LogP contribution in [0, 0.1) is 6.92 Å². The fraction of sp³-hybridized carbons (Fsp3) is 0.143. The van der Waals surface area contributed by atoms with Crippen LogP contribution < -0.4 is 0 Å². The topological polar surface area (TPSA) is 68.9 Å². The zero-order chi connectivity index (χ0) is 16.6. The molecule has 5 nitrogen and oxygen atoms in total. The minimum atomic E-state index is -4.91. The average Bonchev–Trinajstić information content (AvgIpc) is 3.15. The summed E-state index contributed by atoms with van der Waals surface area (Å²) in [5, 5.41) is 3.78. The summed E-state index contributed by atoms with van der Waals surface area (Å²) in [5.74, 6) is -1.62. The number of rotatable bonds is 3. The fourth-order valence-corrected chi connectivity index (χ4v) is 2.74. The summed E-state index contributed by atoms with van der Waals surface area (Å²) in [6, 6.07) is 6.01. The van der Waals surface area contributed by atoms with Gasteiger partial charge in [-0.1, -0.05) is 11.2 Å². The van der Waals surface area contributed by atoms with Crippen LogP contribution in [-0.4, -0.2) is 27.1 Å². The van der Waals surface area contributed by atoms with E-state index in [0.29, 0.717) is 17.0 Å². The van der Waals surface area contributed by atoms with Gasteiger partial charge in [-0.3, -0.25) is 9.78 Å². The molecule has 0 radical (unpaired) electrons. The number of hydrogen-bond donors (Lipinski definition) is 0. The summed E-state index contributed by atoms with van der Waals surface area (Å²) in [5.41, 5.74) is 1.35. The second-order valence-corrected chi connectivity index (χ2v) is 5.67. The lowest BCUT2D eigenvalue weighted by Crippen LogP contribution is -2.21. The Morgan fingerprint density at radius 1 is 1.26 bits per heavy atom. The summed E-state index contributed by atoms with van der Waals surface area (Å²) in [7, 11) is 0. The normalized spacial score (nSPS) is 11.7. The van der Waals surface area contributed by atoms with Gasteiger partial charge in [0.25, 0.3) is 11.7 Å². The van der Waals surface area contributed by atoms with Gasteiger partial charge in [0, 0.05) is 6.20 Å². The largest absolute Gasteiger partial charge is 0.455 e. The Morgan fingerprint density at radius 2 is 2.04 bits per heavy atom. The number of carbonyl (C=O) groups excluding carboxylic acids is 1. The number of halogens is 3. The molecule has 9 heteroatoms. The number of nitrogens with zero attached hydrogens (tertiary/aromatic N) is 3. The number of aromatic nitrogens is 3. The number of Topliss-reactive ketones (excluding diaryl/α,β-unsaturated/α-hetero) is 1. The molecule has 0 aliphatic carbocycles. The molecule has 0 unspecified atom stereocenters. The van der Waals surface area contributed by atoms with Gasteiger partial charge in [0.2, 0.25) is 5.82 Å². The highest BCUT2D eigenvalue weighted by atomic mass is 32.1. The molecule has 0 bridgehead atoms. The van der Waals surface area contributed by atoms with E-state index in [0.717, 1.165) is 11.6 Å². The Bertz CT molecular complexity index is 870. The van der Waals surface area contributed by atoms with Gasteiger partial charge in [-0.15, -0.1) is 11.3 Å². The molecule has 0 amide bonds. The van der Waals surface area contributed by atoms with E-state index in [1.165, 1.54) is 6.07 Å². The lowest BCUT2D eigenvalue weighted by atomic mass is 10.2. The maximum atomic E-state index is 12.4. The Hall–Kier alpha value is -2.55. The van der Waals surface area contributed by atoms with Crippen LogP contribution in [0.25, 0.3) is 22.3 Å². The maximum absolute atomic E-state index is 12.4. The van der Waals surface area contributed by atoms with Crippen LogP contribution in [-0.2, 0) is 0 Å². The Morgan fingerprint density at radius 3 is 2.74 bits per heavy atom. The van der Waals surface area contributed by atoms with E-state index in [1.54, 1.807) is 12.3 Å². The van der Waals surface area contributed by atoms with Gasteiger partial charge in [-0.2, -0.15) is 18.2 Å². The van der Waals surface area contributed by atoms with Crippen molar-refractivity contribution in [2.45, 2.75) is 13.1 Å². The van der Waals surface area contributed by atoms with Crippen molar-refractivity contribution in [3.8, 4) is 22.3 Å². The van der Waals surface area contributed by atoms with Crippen molar-refractivity contribution in [2.75, 3.05) is 0 Å². The molecule has 0 aliphatic rings. The van der Waals surface area contributed by atoms with Crippen LogP contribution in [0.1, 0.15) is 15.2 Å². The number of thiophene rings is 1. The predicted octanol–water partition coefficient (Wildman–Crippen LogP) is 3.91. The molecule has 0 aromatic carbocycles. The van der Waals surface area contributed by atoms with Gasteiger partial charge in [-0.25, -0.2) is 0 Å². The Balaban J connectivity index is 1.92. The van der Waals surface area contributed by atoms with Crippen molar-refractivity contribution < 1.29 is 22.5 Å². The standard InChI is InChI=1S/C14H8F3N3O2S/c1-7-3-2-6-18-10(7)12-19-13(22-20-12)9-5-4-8(23-9)11(21)14(15,16)17/h2-6H,1H3. The number of aryl methyl sites for hydroxylation is 1. The third kappa shape index (κ3) is 3.00. The Kier molecular flexibility index (Phi) is 3.72. The molecule has 0 atom stereocenters. The zero-order valence-electron chi connectivity index (χ0n) is 11.6. The smallest absolute Gasteiger partial charge is 0.333 e. The highest BCUT2D eigenvalue weighted by Crippen LogP contribution is 2.32. The van der Waals surface area contributed by atoms with Gasteiger partial charge in [-0.05, 0) is 30.7 Å². The molecular weight excluding hydrogens is 331 g/mol. The molecule has 0 saturated heterocycles. The highest BCUT2D eigenvalue weighted by Gasteiger charge is 2.40. The van der Waals surface area contributed by atoms with Crippen LogP contribution in [0.5, 0.6) is 0 Å². The van der Waals surface area contributed by atoms with Crippen LogP contribution in [0.2, 0.25) is 0 Å². The van der Waals surface area contributed by atoms with Crippen molar-refractivity contribution in [1.82, 2.24) is 15.1 Å². The second kappa shape index (κ2) is 5.58. The first-order chi connectivity index (χ1) is 10.9. The molecule has 118 valence electrons. The third-order valence-corrected chi connectivity index (χ3v) is 4.02. The third-order valence-electron chi connectivity index (χ3n) is 2.95. The van der Waals surface area contributed by atoms with E-state index < -0.39 is 16.8 Å². The number of pyridine rings is 1. The molecule has 23 heavy (non-hydrogen) atoms. The highest BCUT2D eigenvalue weighted by molar-refractivity contribution is 7.17. The molecule has 0 spiro atoms. The predicted molar refractivity (Wildman–Crippen MR) is 76.0 cm³/mol. The van der Waals surface area contributed by atoms with E-state index in [2.05, 4.69) is 15.1 Å². The molecule has 3 rings (SSSR count). The molecule has 3 aromatic heterocycles. The summed E-state index contributed by atoms with van der Waals surface area (Å²) >= 11 is 0.647. The van der Waals surface area contributed by atoms with Crippen LogP contribution >= 0.6 is 11.3 Å². The Labute approximate surface area is 131 Å². The quantitative estimate of drug-likeness (QED) is 0.677. The molecule has 0 saturated carbocycles. The number of ketones is 1. The second-order valence-electron chi connectivity index (χ2n) is 4.58. The molecule has 0 N–H and O–H groups in total. The number of hydrogen-bond acceptors (Lipinski definition) is 6. The van der Waals surface area contributed by atoms with Crippen LogP contribution in [0.4, 0.5) is 13.2 Å². The first-order valence-corrected chi connectivity index (χ1v) is 7.15. The molecule has 0 aliphatic heterocycles. The lowest BCUT2D eigenvalue weighted by Gasteiger charge is -2.00. The van der Waals surface area contributed by atoms with Crippen molar-refractivity contribution in [3.63, 3.8) is 0 Å². The van der Waals surface area contributed by atoms with Crippen molar-refractivity contribution >= 4 is 17.1 Å². The monoisotopic (exact) mass is 339 g/mol. The molecular formula is C14H8F3N3O2S. The molecule has 3 aromatic rings. The van der Waals surface area contributed by atoms with E-state index in [1.807, 2.05) is 13.0 Å². The SMILES string of the molecule is Cc1cccnc1-c1noc(-c2ccc(C(=O)C(F)(F)F)s2)n1. The minimum Gasteiger partial charge on any atom is -0.333 e. The average molecular weight is 339 g/mol. The summed E-state index contributed by atoms with van der Waals surface area (Å²) in [6.07, 6.45) is -3.34. The van der Waals surface area contributed by atoms with Crippen molar-refractivity contribution in [3.05, 3.63) is 40.9 Å². The van der Waals surface area contributed by atoms with Gasteiger partial charge < -0.3 is 4.52 Å². The van der Waals surface area contributed by atoms with E-state index in [4.69, 9.17) is 4.52 Å². The number of carbonyl (C=O) groups is 1. The fourth-order valence-electron chi connectivity index (χ4n) is 1.85. The maximum Gasteiger partial charge on any atom is 0.455 e. The van der Waals surface area contributed by atoms with Gasteiger partial charge in [0.15, 0.2) is 0 Å². The van der Waals surface area contributed by atoms with E-state index in [-0.39, 0.29) is 16.6 Å². The van der Waals surface area contributed by atoms with Gasteiger partial charge in [0.05, 0.1) is 9.75 Å². The summed E-state index contributed by atoms with van der Waals surface area (Å²) < 4.78 is 42.3. The van der Waals surface area contributed by atoms with E-state index >= 15 is 0 Å². The van der Waals surface area contributed by atoms with Gasteiger partial charge in [0.1, 0.15) is 5.69 Å². The molecule has 3 heterocycles. The number of alkyl halides is 3. The first kappa shape index (κ1) is 15.3. The van der Waals surface area contributed by atoms with Crippen LogP contribution in [0.3, 0.4) is 0 Å². The van der Waals surface area contributed by atoms with Crippen molar-refractivity contribution in [2.24, 2.45) is 0 Å². The summed E-state index contributed by atoms with van der Waals surface area (Å²) in [6.45, 7) is 1.82. The minimum absolute atomic E-state index is 0.0382. The van der Waals surface area contributed by atoms with Gasteiger partial charge >= 0.3 is 6.18 Å². The van der Waals surface area contributed by atoms with E-state index in [9.17, 15) is 18.0 Å². The molecule has 0 fully saturated rings. The zero-order valence-corrected chi connectivity index (χ0v) is 12.4. The first-order valence-electron chi connectivity index (χ1n) is 6.33. The van der Waals surface area contributed by atoms with Crippen molar-refractivity contribution in [1.29, 1.82) is 0 Å².